The molecule has 196 valence electrons. The second-order valence-electron chi connectivity index (χ2n) is 9.32. The number of nitrogens with zero attached hydrogens (tertiary/aromatic N) is 4. The van der Waals surface area contributed by atoms with Gasteiger partial charge in [-0.15, -0.1) is 0 Å². The van der Waals surface area contributed by atoms with Crippen molar-refractivity contribution in [3.05, 3.63) is 138 Å². The molecule has 6 rings (SSSR count). The SMILES string of the molecule is CC1=NN(c2ccccc2)C(=O)C1=Cc1cn(-c2ccccc2)nc1-c1cccc(OCc2ccccc2F)c1. The molecule has 0 unspecified atom stereocenters. The van der Waals surface area contributed by atoms with E-state index in [4.69, 9.17) is 9.84 Å². The molecule has 0 N–H and O–H groups in total. The van der Waals surface area contributed by atoms with Gasteiger partial charge in [-0.05, 0) is 55.5 Å². The maximum atomic E-state index is 14.1. The Morgan fingerprint density at radius 3 is 2.30 bits per heavy atom. The molecule has 0 aliphatic carbocycles. The Hall–Kier alpha value is -5.30. The first kappa shape index (κ1) is 25.0. The number of carbonyl (C=O) groups is 1. The van der Waals surface area contributed by atoms with E-state index in [1.54, 1.807) is 22.9 Å². The van der Waals surface area contributed by atoms with E-state index >= 15 is 0 Å². The molecule has 1 aromatic heterocycles. The predicted octanol–water partition coefficient (Wildman–Crippen LogP) is 7.06. The number of para-hydroxylation sites is 2. The zero-order valence-electron chi connectivity index (χ0n) is 21.7. The van der Waals surface area contributed by atoms with Crippen molar-refractivity contribution in [2.75, 3.05) is 5.01 Å². The van der Waals surface area contributed by atoms with Crippen LogP contribution in [0.4, 0.5) is 10.1 Å². The molecule has 0 fully saturated rings. The summed E-state index contributed by atoms with van der Waals surface area (Å²) in [6.45, 7) is 1.93. The van der Waals surface area contributed by atoms with Crippen LogP contribution in [0, 0.1) is 5.82 Å². The lowest BCUT2D eigenvalue weighted by molar-refractivity contribution is -0.114. The van der Waals surface area contributed by atoms with Crippen LogP contribution in [0.5, 0.6) is 5.75 Å². The zero-order valence-corrected chi connectivity index (χ0v) is 21.7. The van der Waals surface area contributed by atoms with E-state index in [1.807, 2.05) is 104 Å². The number of carbonyl (C=O) groups excluding carboxylic acids is 1. The highest BCUT2D eigenvalue weighted by molar-refractivity contribution is 6.32. The lowest BCUT2D eigenvalue weighted by Gasteiger charge is -2.11. The monoisotopic (exact) mass is 528 g/mol. The highest BCUT2D eigenvalue weighted by atomic mass is 19.1. The summed E-state index contributed by atoms with van der Waals surface area (Å²) in [6.07, 6.45) is 3.73. The number of rotatable bonds is 7. The lowest BCUT2D eigenvalue weighted by Crippen LogP contribution is -2.21. The summed E-state index contributed by atoms with van der Waals surface area (Å²) >= 11 is 0. The Labute approximate surface area is 231 Å². The average molecular weight is 529 g/mol. The molecule has 0 spiro atoms. The minimum absolute atomic E-state index is 0.102. The molecular formula is C33H25FN4O2. The Kier molecular flexibility index (Phi) is 6.77. The molecule has 6 nitrogen and oxygen atoms in total. The maximum Gasteiger partial charge on any atom is 0.280 e. The fourth-order valence-electron chi connectivity index (χ4n) is 4.52. The van der Waals surface area contributed by atoms with Crippen LogP contribution >= 0.6 is 0 Å². The van der Waals surface area contributed by atoms with E-state index in [-0.39, 0.29) is 18.3 Å². The predicted molar refractivity (Wildman–Crippen MR) is 155 cm³/mol. The van der Waals surface area contributed by atoms with Crippen molar-refractivity contribution in [2.24, 2.45) is 5.10 Å². The molecule has 0 radical (unpaired) electrons. The highest BCUT2D eigenvalue weighted by Crippen LogP contribution is 2.31. The van der Waals surface area contributed by atoms with Crippen LogP contribution in [0.1, 0.15) is 18.1 Å². The summed E-state index contributed by atoms with van der Waals surface area (Å²) in [6, 6.07) is 33.2. The number of amides is 1. The average Bonchev–Trinajstić information content (AvgIpc) is 3.54. The van der Waals surface area contributed by atoms with Gasteiger partial charge in [0.25, 0.3) is 5.91 Å². The summed E-state index contributed by atoms with van der Waals surface area (Å²) in [5.74, 6) is 0.0691. The third-order valence-corrected chi connectivity index (χ3v) is 6.59. The standard InChI is InChI=1S/C33H25FN4O2/c1-23-30(33(39)38(35-23)28-15-6-3-7-16-28)20-26-21-37(27-13-4-2-5-14-27)36-32(26)24-12-10-17-29(19-24)40-22-25-11-8-9-18-31(25)34/h2-21H,22H2,1H3. The number of hydrogen-bond donors (Lipinski definition) is 0. The molecule has 0 bridgehead atoms. The fourth-order valence-corrected chi connectivity index (χ4v) is 4.52. The third-order valence-electron chi connectivity index (χ3n) is 6.59. The number of ether oxygens (including phenoxy) is 1. The molecule has 1 aliphatic heterocycles. The molecule has 2 heterocycles. The van der Waals surface area contributed by atoms with E-state index in [1.165, 1.54) is 11.1 Å². The van der Waals surface area contributed by atoms with E-state index in [9.17, 15) is 9.18 Å². The second kappa shape index (κ2) is 10.8. The van der Waals surface area contributed by atoms with Crippen LogP contribution in [0.15, 0.2) is 126 Å². The van der Waals surface area contributed by atoms with E-state index in [2.05, 4.69) is 5.10 Å². The van der Waals surface area contributed by atoms with Crippen LogP contribution in [-0.4, -0.2) is 21.4 Å². The molecule has 40 heavy (non-hydrogen) atoms. The number of aromatic nitrogens is 2. The van der Waals surface area contributed by atoms with Gasteiger partial charge in [0.2, 0.25) is 0 Å². The first-order valence-corrected chi connectivity index (χ1v) is 12.9. The summed E-state index contributed by atoms with van der Waals surface area (Å²) < 4.78 is 21.8. The molecule has 0 atom stereocenters. The third kappa shape index (κ3) is 5.05. The smallest absolute Gasteiger partial charge is 0.280 e. The molecule has 0 saturated heterocycles. The van der Waals surface area contributed by atoms with Crippen LogP contribution < -0.4 is 9.75 Å². The Morgan fingerprint density at radius 2 is 1.55 bits per heavy atom. The first-order chi connectivity index (χ1) is 19.6. The largest absolute Gasteiger partial charge is 0.489 e. The Balaban J connectivity index is 1.37. The first-order valence-electron chi connectivity index (χ1n) is 12.9. The molecular weight excluding hydrogens is 503 g/mol. The number of halogens is 1. The Morgan fingerprint density at radius 1 is 0.850 bits per heavy atom. The van der Waals surface area contributed by atoms with Gasteiger partial charge in [0.05, 0.1) is 22.7 Å². The van der Waals surface area contributed by atoms with Gasteiger partial charge in [-0.3, -0.25) is 4.79 Å². The van der Waals surface area contributed by atoms with Crippen molar-refractivity contribution in [1.29, 1.82) is 0 Å². The molecule has 5 aromatic rings. The summed E-state index contributed by atoms with van der Waals surface area (Å²) in [4.78, 5) is 13.4. The second-order valence-corrected chi connectivity index (χ2v) is 9.32. The van der Waals surface area contributed by atoms with Crippen LogP contribution in [-0.2, 0) is 11.4 Å². The normalized spacial score (nSPS) is 14.1. The van der Waals surface area contributed by atoms with E-state index in [0.717, 1.165) is 16.8 Å². The molecule has 1 aliphatic rings. The van der Waals surface area contributed by atoms with Crippen molar-refractivity contribution < 1.29 is 13.9 Å². The van der Waals surface area contributed by atoms with E-state index < -0.39 is 0 Å². The van der Waals surface area contributed by atoms with Crippen molar-refractivity contribution in [1.82, 2.24) is 9.78 Å². The molecule has 7 heteroatoms. The van der Waals surface area contributed by atoms with Gasteiger partial charge in [-0.1, -0.05) is 66.7 Å². The minimum atomic E-state index is -0.308. The number of anilines is 1. The summed E-state index contributed by atoms with van der Waals surface area (Å²) in [5.41, 5.74) is 5.40. The van der Waals surface area contributed by atoms with Crippen molar-refractivity contribution in [2.45, 2.75) is 13.5 Å². The molecule has 1 amide bonds. The van der Waals surface area contributed by atoms with Gasteiger partial charge in [-0.2, -0.15) is 15.2 Å². The van der Waals surface area contributed by atoms with Crippen LogP contribution in [0.3, 0.4) is 0 Å². The van der Waals surface area contributed by atoms with E-state index in [0.29, 0.717) is 34.0 Å². The zero-order chi connectivity index (χ0) is 27.5. The van der Waals surface area contributed by atoms with Gasteiger partial charge < -0.3 is 4.74 Å². The summed E-state index contributed by atoms with van der Waals surface area (Å²) in [5, 5.41) is 10.8. The maximum absolute atomic E-state index is 14.1. The van der Waals surface area contributed by atoms with Gasteiger partial charge in [0.1, 0.15) is 23.9 Å². The van der Waals surface area contributed by atoms with Gasteiger partial charge in [0, 0.05) is 22.9 Å². The quantitative estimate of drug-likeness (QED) is 0.213. The van der Waals surface area contributed by atoms with Gasteiger partial charge in [-0.25, -0.2) is 9.07 Å². The fraction of sp³-hybridized carbons (Fsp3) is 0.0606. The minimum Gasteiger partial charge on any atom is -0.489 e. The van der Waals surface area contributed by atoms with Gasteiger partial charge >= 0.3 is 0 Å². The number of hydrazone groups is 1. The van der Waals surface area contributed by atoms with Crippen molar-refractivity contribution in [3.63, 3.8) is 0 Å². The summed E-state index contributed by atoms with van der Waals surface area (Å²) in [7, 11) is 0. The lowest BCUT2D eigenvalue weighted by atomic mass is 10.0. The topological polar surface area (TPSA) is 59.7 Å². The highest BCUT2D eigenvalue weighted by Gasteiger charge is 2.29. The molecule has 0 saturated carbocycles. The Bertz CT molecular complexity index is 1740. The number of hydrogen-bond acceptors (Lipinski definition) is 4. The number of benzene rings is 4. The van der Waals surface area contributed by atoms with Crippen LogP contribution in [0.25, 0.3) is 23.0 Å². The van der Waals surface area contributed by atoms with Crippen molar-refractivity contribution >= 4 is 23.4 Å². The van der Waals surface area contributed by atoms with Crippen LogP contribution in [0.2, 0.25) is 0 Å². The molecule has 4 aromatic carbocycles. The van der Waals surface area contributed by atoms with Gasteiger partial charge in [0.15, 0.2) is 0 Å². The van der Waals surface area contributed by atoms with Crippen molar-refractivity contribution in [3.8, 4) is 22.7 Å².